The van der Waals surface area contributed by atoms with Crippen LogP contribution in [-0.2, 0) is 4.79 Å². The monoisotopic (exact) mass is 297 g/mol. The Morgan fingerprint density at radius 1 is 1.60 bits per heavy atom. The summed E-state index contributed by atoms with van der Waals surface area (Å²) in [6.45, 7) is 3.76. The molecule has 0 spiro atoms. The third-order valence-corrected chi connectivity index (χ3v) is 3.79. The van der Waals surface area contributed by atoms with Crippen LogP contribution < -0.4 is 9.64 Å². The number of carboxylic acid groups (broad SMARTS) is 1. The SMILES string of the molecule is CCOc1cc(N2CCC[C@H](C(=O)O)C2)nc(SC)n1. The lowest BCUT2D eigenvalue weighted by atomic mass is 9.98. The van der Waals surface area contributed by atoms with Crippen LogP contribution in [0, 0.1) is 5.92 Å². The van der Waals surface area contributed by atoms with Crippen LogP contribution in [0.1, 0.15) is 19.8 Å². The summed E-state index contributed by atoms with van der Waals surface area (Å²) in [7, 11) is 0. The van der Waals surface area contributed by atoms with E-state index < -0.39 is 5.97 Å². The highest BCUT2D eigenvalue weighted by atomic mass is 32.2. The number of rotatable bonds is 5. The summed E-state index contributed by atoms with van der Waals surface area (Å²) in [5.74, 6) is 0.226. The van der Waals surface area contributed by atoms with Crippen LogP contribution in [0.4, 0.5) is 5.82 Å². The number of carboxylic acids is 1. The zero-order valence-corrected chi connectivity index (χ0v) is 12.5. The first kappa shape index (κ1) is 14.9. The van der Waals surface area contributed by atoms with E-state index in [1.165, 1.54) is 11.8 Å². The third kappa shape index (κ3) is 3.53. The highest BCUT2D eigenvalue weighted by molar-refractivity contribution is 7.98. The normalized spacial score (nSPS) is 18.9. The van der Waals surface area contributed by atoms with Crippen molar-refractivity contribution in [3.63, 3.8) is 0 Å². The number of hydrogen-bond acceptors (Lipinski definition) is 6. The van der Waals surface area contributed by atoms with E-state index in [1.54, 1.807) is 6.07 Å². The van der Waals surface area contributed by atoms with Crippen molar-refractivity contribution in [2.45, 2.75) is 24.9 Å². The average molecular weight is 297 g/mol. The van der Waals surface area contributed by atoms with Crippen LogP contribution in [0.3, 0.4) is 0 Å². The van der Waals surface area contributed by atoms with Gasteiger partial charge in [-0.1, -0.05) is 11.8 Å². The standard InChI is InChI=1S/C13H19N3O3S/c1-3-19-11-7-10(14-13(15-11)20-2)16-6-4-5-9(8-16)12(17)18/h7,9H,3-6,8H2,1-2H3,(H,17,18)/t9-/m0/s1. The van der Waals surface area contributed by atoms with E-state index in [2.05, 4.69) is 9.97 Å². The van der Waals surface area contributed by atoms with Crippen molar-refractivity contribution in [3.8, 4) is 5.88 Å². The van der Waals surface area contributed by atoms with Crippen molar-refractivity contribution >= 4 is 23.5 Å². The van der Waals surface area contributed by atoms with Gasteiger partial charge in [-0.05, 0) is 26.0 Å². The largest absolute Gasteiger partial charge is 0.481 e. The average Bonchev–Trinajstić information content (AvgIpc) is 2.47. The summed E-state index contributed by atoms with van der Waals surface area (Å²) in [5.41, 5.74) is 0. The molecular weight excluding hydrogens is 278 g/mol. The number of aromatic nitrogens is 2. The molecule has 0 unspecified atom stereocenters. The van der Waals surface area contributed by atoms with Crippen molar-refractivity contribution in [1.82, 2.24) is 9.97 Å². The number of aliphatic carboxylic acids is 1. The Kier molecular flexibility index (Phi) is 5.05. The first-order chi connectivity index (χ1) is 9.63. The minimum absolute atomic E-state index is 0.327. The van der Waals surface area contributed by atoms with Crippen molar-refractivity contribution in [3.05, 3.63) is 6.07 Å². The van der Waals surface area contributed by atoms with Crippen LogP contribution >= 0.6 is 11.8 Å². The lowest BCUT2D eigenvalue weighted by Crippen LogP contribution is -2.39. The molecule has 1 aliphatic rings. The fraction of sp³-hybridized carbons (Fsp3) is 0.615. The number of ether oxygens (including phenoxy) is 1. The molecule has 6 nitrogen and oxygen atoms in total. The molecule has 0 saturated carbocycles. The summed E-state index contributed by atoms with van der Waals surface area (Å²) in [5, 5.41) is 9.80. The van der Waals surface area contributed by atoms with Crippen molar-refractivity contribution in [1.29, 1.82) is 0 Å². The molecule has 0 bridgehead atoms. The van der Waals surface area contributed by atoms with Crippen LogP contribution in [-0.4, -0.2) is 47.0 Å². The van der Waals surface area contributed by atoms with E-state index in [1.807, 2.05) is 18.1 Å². The maximum absolute atomic E-state index is 11.1. The number of hydrogen-bond donors (Lipinski definition) is 1. The summed E-state index contributed by atoms with van der Waals surface area (Å²) < 4.78 is 5.45. The summed E-state index contributed by atoms with van der Waals surface area (Å²) in [6, 6.07) is 1.79. The fourth-order valence-electron chi connectivity index (χ4n) is 2.25. The van der Waals surface area contributed by atoms with Crippen LogP contribution in [0.15, 0.2) is 11.2 Å². The van der Waals surface area contributed by atoms with E-state index in [-0.39, 0.29) is 5.92 Å². The second kappa shape index (κ2) is 6.78. The molecule has 2 heterocycles. The molecule has 1 fully saturated rings. The molecule has 1 saturated heterocycles. The number of piperidine rings is 1. The highest BCUT2D eigenvalue weighted by Gasteiger charge is 2.26. The van der Waals surface area contributed by atoms with Gasteiger partial charge in [0.05, 0.1) is 12.5 Å². The van der Waals surface area contributed by atoms with Gasteiger partial charge in [0.2, 0.25) is 5.88 Å². The van der Waals surface area contributed by atoms with Crippen LogP contribution in [0.25, 0.3) is 0 Å². The molecular formula is C13H19N3O3S. The summed E-state index contributed by atoms with van der Waals surface area (Å²) in [6.07, 6.45) is 3.50. The van der Waals surface area contributed by atoms with Gasteiger partial charge >= 0.3 is 5.97 Å². The van der Waals surface area contributed by atoms with Crippen molar-refractivity contribution in [2.75, 3.05) is 30.9 Å². The first-order valence-corrected chi connectivity index (χ1v) is 7.90. The van der Waals surface area contributed by atoms with Crippen LogP contribution in [0.2, 0.25) is 0 Å². The Morgan fingerprint density at radius 2 is 2.40 bits per heavy atom. The summed E-state index contributed by atoms with van der Waals surface area (Å²) >= 11 is 1.45. The minimum atomic E-state index is -0.737. The molecule has 1 atom stereocenters. The Morgan fingerprint density at radius 3 is 3.05 bits per heavy atom. The third-order valence-electron chi connectivity index (χ3n) is 3.24. The zero-order valence-electron chi connectivity index (χ0n) is 11.7. The molecule has 20 heavy (non-hydrogen) atoms. The Balaban J connectivity index is 2.21. The second-order valence-electron chi connectivity index (χ2n) is 4.61. The second-order valence-corrected chi connectivity index (χ2v) is 5.38. The van der Waals surface area contributed by atoms with Gasteiger partial charge in [-0.15, -0.1) is 0 Å². The van der Waals surface area contributed by atoms with Gasteiger partial charge in [0.1, 0.15) is 5.82 Å². The number of carbonyl (C=O) groups is 1. The molecule has 1 aromatic rings. The minimum Gasteiger partial charge on any atom is -0.481 e. The van der Waals surface area contributed by atoms with Gasteiger partial charge in [0.25, 0.3) is 0 Å². The predicted molar refractivity (Wildman–Crippen MR) is 77.6 cm³/mol. The van der Waals surface area contributed by atoms with Crippen LogP contribution in [0.5, 0.6) is 5.88 Å². The Hall–Kier alpha value is -1.50. The molecule has 1 N–H and O–H groups in total. The molecule has 1 aromatic heterocycles. The molecule has 0 aliphatic carbocycles. The smallest absolute Gasteiger partial charge is 0.308 e. The Bertz CT molecular complexity index is 484. The Labute approximate surface area is 122 Å². The quantitative estimate of drug-likeness (QED) is 0.657. The van der Waals surface area contributed by atoms with Gasteiger partial charge < -0.3 is 14.7 Å². The number of nitrogens with zero attached hydrogens (tertiary/aromatic N) is 3. The predicted octanol–water partition coefficient (Wildman–Crippen LogP) is 1.90. The lowest BCUT2D eigenvalue weighted by Gasteiger charge is -2.31. The molecule has 0 radical (unpaired) electrons. The topological polar surface area (TPSA) is 75.5 Å². The molecule has 0 amide bonds. The van der Waals surface area contributed by atoms with E-state index in [0.717, 1.165) is 25.2 Å². The first-order valence-electron chi connectivity index (χ1n) is 6.67. The molecule has 110 valence electrons. The van der Waals surface area contributed by atoms with Gasteiger partial charge in [-0.25, -0.2) is 4.98 Å². The highest BCUT2D eigenvalue weighted by Crippen LogP contribution is 2.26. The fourth-order valence-corrected chi connectivity index (χ4v) is 2.62. The maximum atomic E-state index is 11.1. The molecule has 2 rings (SSSR count). The van der Waals surface area contributed by atoms with E-state index in [9.17, 15) is 4.79 Å². The summed E-state index contributed by atoms with van der Waals surface area (Å²) in [4.78, 5) is 21.9. The van der Waals surface area contributed by atoms with Gasteiger partial charge in [0, 0.05) is 19.2 Å². The van der Waals surface area contributed by atoms with E-state index in [4.69, 9.17) is 9.84 Å². The lowest BCUT2D eigenvalue weighted by molar-refractivity contribution is -0.141. The van der Waals surface area contributed by atoms with Gasteiger partial charge in [-0.3, -0.25) is 4.79 Å². The van der Waals surface area contributed by atoms with Gasteiger partial charge in [-0.2, -0.15) is 4.98 Å². The zero-order chi connectivity index (χ0) is 14.5. The molecule has 0 aromatic carbocycles. The molecule has 1 aliphatic heterocycles. The van der Waals surface area contributed by atoms with E-state index >= 15 is 0 Å². The number of thioether (sulfide) groups is 1. The van der Waals surface area contributed by atoms with E-state index in [0.29, 0.717) is 24.2 Å². The number of anilines is 1. The van der Waals surface area contributed by atoms with Crippen molar-refractivity contribution in [2.24, 2.45) is 5.92 Å². The van der Waals surface area contributed by atoms with Crippen molar-refractivity contribution < 1.29 is 14.6 Å². The van der Waals surface area contributed by atoms with Gasteiger partial charge in [0.15, 0.2) is 5.16 Å². The maximum Gasteiger partial charge on any atom is 0.308 e. The molecule has 7 heteroatoms.